The van der Waals surface area contributed by atoms with Crippen LogP contribution in [0.15, 0.2) is 46.4 Å². The topological polar surface area (TPSA) is 81.9 Å². The number of ether oxygens (including phenoxy) is 4. The number of methoxy groups -OCH3 is 4. The normalized spacial score (nSPS) is 12.3. The Morgan fingerprint density at radius 2 is 1.18 bits per heavy atom. The predicted molar refractivity (Wildman–Crippen MR) is 110 cm³/mol. The van der Waals surface area contributed by atoms with Gasteiger partial charge >= 0.3 is 0 Å². The van der Waals surface area contributed by atoms with Crippen molar-refractivity contribution in [3.8, 4) is 23.0 Å². The first-order chi connectivity index (χ1) is 13.6. The third-order valence-electron chi connectivity index (χ3n) is 3.96. The van der Waals surface area contributed by atoms with Crippen molar-refractivity contribution in [3.63, 3.8) is 0 Å². The number of aliphatic imine (C=N–C) groups is 2. The molecule has 7 nitrogen and oxygen atoms in total. The van der Waals surface area contributed by atoms with E-state index >= 15 is 0 Å². The number of benzene rings is 2. The number of aliphatic hydroxyl groups is 1. The summed E-state index contributed by atoms with van der Waals surface area (Å²) in [5.74, 6) is 2.46. The number of hydrogen-bond acceptors (Lipinski definition) is 7. The van der Waals surface area contributed by atoms with Gasteiger partial charge in [-0.1, -0.05) is 12.1 Å². The molecule has 0 aromatic heterocycles. The van der Waals surface area contributed by atoms with E-state index in [1.165, 1.54) is 0 Å². The monoisotopic (exact) mass is 386 g/mol. The highest BCUT2D eigenvalue weighted by Gasteiger charge is 2.09. The zero-order valence-electron chi connectivity index (χ0n) is 16.6. The highest BCUT2D eigenvalue weighted by molar-refractivity contribution is 5.85. The molecule has 0 unspecified atom stereocenters. The average Bonchev–Trinajstić information content (AvgIpc) is 2.73. The second-order valence-electron chi connectivity index (χ2n) is 5.81. The van der Waals surface area contributed by atoms with Gasteiger partial charge in [0.05, 0.1) is 47.6 Å². The largest absolute Gasteiger partial charge is 0.493 e. The molecule has 2 rings (SSSR count). The molecule has 0 heterocycles. The predicted octanol–water partition coefficient (Wildman–Crippen LogP) is 2.62. The van der Waals surface area contributed by atoms with Crippen molar-refractivity contribution in [2.24, 2.45) is 9.98 Å². The van der Waals surface area contributed by atoms with E-state index in [4.69, 9.17) is 18.9 Å². The molecule has 0 aliphatic carbocycles. The highest BCUT2D eigenvalue weighted by atomic mass is 16.5. The lowest BCUT2D eigenvalue weighted by Gasteiger charge is -2.10. The van der Waals surface area contributed by atoms with Crippen molar-refractivity contribution in [3.05, 3.63) is 47.5 Å². The maximum atomic E-state index is 10.1. The molecule has 0 spiro atoms. The molecule has 0 amide bonds. The van der Waals surface area contributed by atoms with Crippen molar-refractivity contribution in [1.82, 2.24) is 0 Å². The second kappa shape index (κ2) is 10.9. The lowest BCUT2D eigenvalue weighted by molar-refractivity contribution is 0.193. The van der Waals surface area contributed by atoms with Crippen LogP contribution in [0.5, 0.6) is 23.0 Å². The third-order valence-corrected chi connectivity index (χ3v) is 3.96. The zero-order valence-corrected chi connectivity index (χ0v) is 16.6. The average molecular weight is 386 g/mol. The maximum absolute atomic E-state index is 10.1. The first kappa shape index (κ1) is 21.2. The van der Waals surface area contributed by atoms with Crippen LogP contribution in [0.1, 0.15) is 11.1 Å². The van der Waals surface area contributed by atoms with Crippen LogP contribution >= 0.6 is 0 Å². The van der Waals surface area contributed by atoms with Crippen molar-refractivity contribution < 1.29 is 24.1 Å². The van der Waals surface area contributed by atoms with Crippen LogP contribution in [0, 0.1) is 0 Å². The number of nitrogens with zero attached hydrogens (tertiary/aromatic N) is 2. The zero-order chi connectivity index (χ0) is 20.4. The van der Waals surface area contributed by atoms with Crippen molar-refractivity contribution in [2.45, 2.75) is 6.10 Å². The van der Waals surface area contributed by atoms with E-state index in [1.807, 2.05) is 36.4 Å². The molecule has 0 fully saturated rings. The summed E-state index contributed by atoms with van der Waals surface area (Å²) >= 11 is 0. The summed E-state index contributed by atoms with van der Waals surface area (Å²) in [5.41, 5.74) is 1.55. The van der Waals surface area contributed by atoms with Crippen LogP contribution in [0.25, 0.3) is 0 Å². The number of rotatable bonds is 10. The van der Waals surface area contributed by atoms with Crippen molar-refractivity contribution in [2.75, 3.05) is 41.5 Å². The van der Waals surface area contributed by atoms with E-state index in [1.54, 1.807) is 40.9 Å². The number of para-hydroxylation sites is 2. The summed E-state index contributed by atoms with van der Waals surface area (Å²) in [6.07, 6.45) is 2.60. The lowest BCUT2D eigenvalue weighted by Crippen LogP contribution is -2.15. The first-order valence-corrected chi connectivity index (χ1v) is 8.74. The summed E-state index contributed by atoms with van der Waals surface area (Å²) in [6, 6.07) is 11.1. The molecule has 150 valence electrons. The minimum absolute atomic E-state index is 0.215. The van der Waals surface area contributed by atoms with Gasteiger partial charge in [-0.2, -0.15) is 0 Å². The second-order valence-corrected chi connectivity index (χ2v) is 5.81. The Morgan fingerprint density at radius 3 is 1.54 bits per heavy atom. The molecular formula is C21H26N2O5. The van der Waals surface area contributed by atoms with Gasteiger partial charge < -0.3 is 24.1 Å². The van der Waals surface area contributed by atoms with Gasteiger partial charge in [-0.05, 0) is 24.3 Å². The summed E-state index contributed by atoms with van der Waals surface area (Å²) in [7, 11) is 6.31. The smallest absolute Gasteiger partial charge is 0.169 e. The van der Waals surface area contributed by atoms with E-state index in [9.17, 15) is 5.11 Å². The van der Waals surface area contributed by atoms with E-state index in [0.717, 1.165) is 11.1 Å². The Hall–Kier alpha value is -3.06. The molecule has 0 aliphatic rings. The van der Waals surface area contributed by atoms with Crippen molar-refractivity contribution in [1.29, 1.82) is 0 Å². The van der Waals surface area contributed by atoms with Gasteiger partial charge in [0, 0.05) is 23.6 Å². The minimum Gasteiger partial charge on any atom is -0.493 e. The van der Waals surface area contributed by atoms with Crippen LogP contribution in [0.4, 0.5) is 0 Å². The first-order valence-electron chi connectivity index (χ1n) is 8.74. The summed E-state index contributed by atoms with van der Waals surface area (Å²) < 4.78 is 21.2. The summed E-state index contributed by atoms with van der Waals surface area (Å²) in [5, 5.41) is 10.1. The molecule has 0 saturated heterocycles. The molecule has 0 saturated carbocycles. The summed E-state index contributed by atoms with van der Waals surface area (Å²) in [6.45, 7) is 0.430. The molecule has 0 aliphatic heterocycles. The molecule has 0 radical (unpaired) electrons. The van der Waals surface area contributed by atoms with Crippen LogP contribution in [0.3, 0.4) is 0 Å². The minimum atomic E-state index is -0.708. The van der Waals surface area contributed by atoms with Crippen LogP contribution < -0.4 is 18.9 Å². The summed E-state index contributed by atoms with van der Waals surface area (Å²) in [4.78, 5) is 8.57. The van der Waals surface area contributed by atoms with Gasteiger partial charge in [-0.15, -0.1) is 0 Å². The van der Waals surface area contributed by atoms with Gasteiger partial charge in [-0.25, -0.2) is 0 Å². The SMILES string of the molecule is COc1cccc(C=NCC(O)CN=Cc2cccc(OC)c2OC)c1OC. The van der Waals surface area contributed by atoms with Gasteiger partial charge in [0.15, 0.2) is 23.0 Å². The molecule has 2 aromatic rings. The number of hydrogen-bond donors (Lipinski definition) is 1. The van der Waals surface area contributed by atoms with Crippen LogP contribution in [-0.4, -0.2) is 65.2 Å². The quantitative estimate of drug-likeness (QED) is 0.635. The fraction of sp³-hybridized carbons (Fsp3) is 0.333. The molecular weight excluding hydrogens is 360 g/mol. The van der Waals surface area contributed by atoms with E-state index in [0.29, 0.717) is 23.0 Å². The maximum Gasteiger partial charge on any atom is 0.169 e. The van der Waals surface area contributed by atoms with Gasteiger partial charge in [0.2, 0.25) is 0 Å². The Balaban J connectivity index is 1.96. The fourth-order valence-corrected chi connectivity index (χ4v) is 2.63. The molecule has 0 atom stereocenters. The highest BCUT2D eigenvalue weighted by Crippen LogP contribution is 2.30. The third kappa shape index (κ3) is 5.47. The van der Waals surface area contributed by atoms with Gasteiger partial charge in [-0.3, -0.25) is 9.98 Å². The molecule has 2 aromatic carbocycles. The standard InChI is InChI=1S/C21H26N2O5/c1-25-18-9-5-7-15(20(18)27-3)11-22-13-17(24)14-23-12-16-8-6-10-19(26-2)21(16)28-4/h5-12,17,24H,13-14H2,1-4H3. The molecule has 7 heteroatoms. The molecule has 1 N–H and O–H groups in total. The van der Waals surface area contributed by atoms with Gasteiger partial charge in [0.1, 0.15) is 0 Å². The lowest BCUT2D eigenvalue weighted by atomic mass is 10.2. The Bertz CT molecular complexity index is 753. The fourth-order valence-electron chi connectivity index (χ4n) is 2.63. The Labute approximate surface area is 165 Å². The molecule has 0 bridgehead atoms. The Morgan fingerprint density at radius 1 is 0.750 bits per heavy atom. The molecule has 28 heavy (non-hydrogen) atoms. The van der Waals surface area contributed by atoms with Crippen LogP contribution in [-0.2, 0) is 0 Å². The Kier molecular flexibility index (Phi) is 8.30. The number of aliphatic hydroxyl groups excluding tert-OH is 1. The van der Waals surface area contributed by atoms with E-state index in [-0.39, 0.29) is 13.1 Å². The van der Waals surface area contributed by atoms with Crippen LogP contribution in [0.2, 0.25) is 0 Å². The van der Waals surface area contributed by atoms with Crippen molar-refractivity contribution >= 4 is 12.4 Å². The van der Waals surface area contributed by atoms with E-state index in [2.05, 4.69) is 9.98 Å². The van der Waals surface area contributed by atoms with Gasteiger partial charge in [0.25, 0.3) is 0 Å². The van der Waals surface area contributed by atoms with E-state index < -0.39 is 6.10 Å².